The topological polar surface area (TPSA) is 108 Å². The molecule has 5 aromatic rings. The van der Waals surface area contributed by atoms with Crippen molar-refractivity contribution in [3.8, 4) is 28.5 Å². The van der Waals surface area contributed by atoms with E-state index in [9.17, 15) is 14.0 Å². The molecule has 0 fully saturated rings. The van der Waals surface area contributed by atoms with Crippen LogP contribution in [0.3, 0.4) is 0 Å². The fourth-order valence-corrected chi connectivity index (χ4v) is 5.08. The lowest BCUT2D eigenvalue weighted by Gasteiger charge is -2.15. The zero-order valence-electron chi connectivity index (χ0n) is 20.5. The van der Waals surface area contributed by atoms with Crippen LogP contribution in [0.25, 0.3) is 44.2 Å². The van der Waals surface area contributed by atoms with Crippen LogP contribution in [0, 0.1) is 11.3 Å². The van der Waals surface area contributed by atoms with E-state index in [4.69, 9.17) is 5.10 Å². The van der Waals surface area contributed by atoms with E-state index in [2.05, 4.69) is 22.1 Å². The molecule has 7 nitrogen and oxygen atoms in total. The Hall–Kier alpha value is -3.93. The first kappa shape index (κ1) is 23.8. The van der Waals surface area contributed by atoms with Crippen molar-refractivity contribution in [2.24, 2.45) is 7.05 Å². The number of rotatable bonds is 5. The molecule has 180 valence electrons. The summed E-state index contributed by atoms with van der Waals surface area (Å²) >= 11 is 0. The third-order valence-electron chi connectivity index (χ3n) is 6.41. The Labute approximate surface area is 210 Å². The van der Waals surface area contributed by atoms with Crippen LogP contribution in [0.2, 0.25) is 0 Å². The van der Waals surface area contributed by atoms with Gasteiger partial charge in [-0.2, -0.15) is 10.4 Å². The van der Waals surface area contributed by atoms with Gasteiger partial charge >= 0.3 is 0 Å². The average Bonchev–Trinajstić information content (AvgIpc) is 3.20. The lowest BCUT2D eigenvalue weighted by atomic mass is 9.86. The van der Waals surface area contributed by atoms with E-state index in [1.807, 2.05) is 74.2 Å². The molecular weight excluding hydrogens is 470 g/mol. The van der Waals surface area contributed by atoms with Gasteiger partial charge in [-0.3, -0.25) is 14.6 Å². The number of sulfone groups is 1. The molecule has 8 heteroatoms. The minimum atomic E-state index is -3.15. The maximum atomic E-state index is 11.6. The summed E-state index contributed by atoms with van der Waals surface area (Å²) in [7, 11) is -1.24. The molecule has 2 aromatic carbocycles. The van der Waals surface area contributed by atoms with Gasteiger partial charge < -0.3 is 4.55 Å². The second-order valence-electron chi connectivity index (χ2n) is 9.65. The van der Waals surface area contributed by atoms with Gasteiger partial charge in [0.2, 0.25) is 0 Å². The molecule has 0 saturated heterocycles. The van der Waals surface area contributed by atoms with E-state index >= 15 is 0 Å². The summed E-state index contributed by atoms with van der Waals surface area (Å²) in [5.41, 5.74) is 6.32. The van der Waals surface area contributed by atoms with Gasteiger partial charge in [-0.15, -0.1) is 4.21 Å². The molecular formula is C28H25N5O2S. The third-order valence-corrected chi connectivity index (χ3v) is 7.23. The molecule has 0 aliphatic rings. The molecule has 36 heavy (non-hydrogen) atoms. The lowest BCUT2D eigenvalue weighted by molar-refractivity contribution is 0.483. The van der Waals surface area contributed by atoms with Crippen LogP contribution in [-0.4, -0.2) is 30.6 Å². The van der Waals surface area contributed by atoms with Gasteiger partial charge in [0.15, 0.2) is 5.75 Å². The largest absolute Gasteiger partial charge is 0.615 e. The number of fused-ring (bicyclic) bond motifs is 3. The molecule has 0 bridgehead atoms. The summed E-state index contributed by atoms with van der Waals surface area (Å²) in [4.78, 5) is 9.00. The number of hydrogen-bond acceptors (Lipinski definition) is 6. The molecule has 0 aliphatic heterocycles. The number of benzene rings is 2. The number of nitriles is 1. The van der Waals surface area contributed by atoms with Crippen molar-refractivity contribution in [2.75, 3.05) is 6.26 Å². The Morgan fingerprint density at radius 2 is 1.69 bits per heavy atom. The summed E-state index contributed by atoms with van der Waals surface area (Å²) in [5.74, 6) is -0.0844. The predicted octanol–water partition coefficient (Wildman–Crippen LogP) is 5.41. The summed E-state index contributed by atoms with van der Waals surface area (Å²) in [5, 5.41) is 16.3. The Balaban J connectivity index is 1.63. The standard InChI is InChI=1S/C28H25N5O2S/c1-28(2,17-29)21-9-5-18(6-10-21)27-26-23-13-19(8-12-24(23)31-15-25(26)33(3)32-27)20-7-11-22(30-14-20)16-36(4,34)35/h5-15H,16H2,1-4H3. The van der Waals surface area contributed by atoms with Crippen molar-refractivity contribution in [2.45, 2.75) is 25.0 Å². The fraction of sp³-hybridized carbons (Fsp3) is 0.214. The van der Waals surface area contributed by atoms with Gasteiger partial charge in [0, 0.05) is 45.4 Å². The van der Waals surface area contributed by atoms with Gasteiger partial charge in [0.1, 0.15) is 5.69 Å². The van der Waals surface area contributed by atoms with Crippen LogP contribution in [0.4, 0.5) is 0 Å². The highest BCUT2D eigenvalue weighted by molar-refractivity contribution is 7.96. The quantitative estimate of drug-likeness (QED) is 0.302. The van der Waals surface area contributed by atoms with Crippen molar-refractivity contribution in [3.63, 3.8) is 0 Å². The maximum Gasteiger partial charge on any atom is 0.151 e. The summed E-state index contributed by atoms with van der Waals surface area (Å²) in [6, 6.07) is 20.0. The maximum absolute atomic E-state index is 11.6. The molecule has 0 spiro atoms. The van der Waals surface area contributed by atoms with Crippen molar-refractivity contribution in [1.82, 2.24) is 19.7 Å². The Morgan fingerprint density at radius 1 is 1.00 bits per heavy atom. The fourth-order valence-electron chi connectivity index (χ4n) is 4.37. The second-order valence-corrected chi connectivity index (χ2v) is 11.8. The van der Waals surface area contributed by atoms with Gasteiger partial charge in [-0.25, -0.2) is 0 Å². The normalized spacial score (nSPS) is 13.6. The van der Waals surface area contributed by atoms with E-state index in [-0.39, 0.29) is 5.75 Å². The molecule has 0 saturated carbocycles. The van der Waals surface area contributed by atoms with Crippen LogP contribution >= 0.6 is 0 Å². The summed E-state index contributed by atoms with van der Waals surface area (Å²) < 4.78 is 25.0. The van der Waals surface area contributed by atoms with Crippen LogP contribution < -0.4 is 0 Å². The Morgan fingerprint density at radius 3 is 2.33 bits per heavy atom. The van der Waals surface area contributed by atoms with E-state index < -0.39 is 15.6 Å². The molecule has 0 N–H and O–H groups in total. The van der Waals surface area contributed by atoms with Gasteiger partial charge in [0.05, 0.1) is 40.7 Å². The van der Waals surface area contributed by atoms with E-state index in [0.717, 1.165) is 49.8 Å². The highest BCUT2D eigenvalue weighted by Crippen LogP contribution is 2.35. The van der Waals surface area contributed by atoms with Crippen LogP contribution in [0.5, 0.6) is 0 Å². The van der Waals surface area contributed by atoms with Gasteiger partial charge in [0.25, 0.3) is 0 Å². The first-order valence-electron chi connectivity index (χ1n) is 11.5. The molecule has 0 amide bonds. The van der Waals surface area contributed by atoms with Gasteiger partial charge in [-0.05, 0) is 43.2 Å². The summed E-state index contributed by atoms with van der Waals surface area (Å²) in [6.07, 6.45) is 4.74. The lowest BCUT2D eigenvalue weighted by Crippen LogP contribution is -2.13. The van der Waals surface area contributed by atoms with Crippen molar-refractivity contribution in [3.05, 3.63) is 78.2 Å². The van der Waals surface area contributed by atoms with E-state index in [1.165, 1.54) is 6.26 Å². The number of aromatic nitrogens is 4. The van der Waals surface area contributed by atoms with E-state index in [1.54, 1.807) is 12.3 Å². The predicted molar refractivity (Wildman–Crippen MR) is 142 cm³/mol. The molecule has 0 radical (unpaired) electrons. The zero-order chi connectivity index (χ0) is 25.7. The van der Waals surface area contributed by atoms with Crippen LogP contribution in [0.1, 0.15) is 25.1 Å². The molecule has 5 rings (SSSR count). The third kappa shape index (κ3) is 4.39. The number of hydrogen-bond donors (Lipinski definition) is 0. The minimum Gasteiger partial charge on any atom is -0.615 e. The highest BCUT2D eigenvalue weighted by atomic mass is 32.3. The van der Waals surface area contributed by atoms with Crippen molar-refractivity contribution < 1.29 is 8.76 Å². The van der Waals surface area contributed by atoms with Crippen molar-refractivity contribution in [1.29, 1.82) is 5.26 Å². The molecule has 3 aromatic heterocycles. The second kappa shape index (κ2) is 8.63. The Kier molecular flexibility index (Phi) is 5.70. The number of pyridine rings is 2. The average molecular weight is 496 g/mol. The smallest absolute Gasteiger partial charge is 0.151 e. The molecule has 1 atom stereocenters. The molecule has 1 unspecified atom stereocenters. The van der Waals surface area contributed by atoms with Crippen molar-refractivity contribution >= 4 is 32.0 Å². The molecule has 3 heterocycles. The monoisotopic (exact) mass is 495 g/mol. The zero-order valence-corrected chi connectivity index (χ0v) is 21.3. The number of aryl methyl sites for hydroxylation is 1. The SMILES string of the molecule is Cn1nc(-c2ccc(C(C)(C)C#N)cc2)c2c3cc(-c4ccc(C[S+](C)(=O)[O-])nc4)ccc3ncc21. The van der Waals surface area contributed by atoms with Crippen LogP contribution in [-0.2, 0) is 32.6 Å². The first-order chi connectivity index (χ1) is 17.1. The van der Waals surface area contributed by atoms with E-state index in [0.29, 0.717) is 5.69 Å². The van der Waals surface area contributed by atoms with Gasteiger partial charge in [-0.1, -0.05) is 36.4 Å². The van der Waals surface area contributed by atoms with Crippen LogP contribution in [0.15, 0.2) is 67.0 Å². The summed E-state index contributed by atoms with van der Waals surface area (Å²) in [6.45, 7) is 3.81. The minimum absolute atomic E-state index is 0.0844. The highest BCUT2D eigenvalue weighted by Gasteiger charge is 2.21. The molecule has 0 aliphatic carbocycles. The number of nitrogens with zero attached hydrogens (tertiary/aromatic N) is 5. The Bertz CT molecular complexity index is 1690. The first-order valence-corrected chi connectivity index (χ1v) is 13.5.